The maximum Gasteiger partial charge on any atom is 0.321 e. The van der Waals surface area contributed by atoms with Crippen LogP contribution < -0.4 is 10.2 Å². The number of nitrogens with one attached hydrogen (secondary N) is 1. The van der Waals surface area contributed by atoms with Gasteiger partial charge in [0.15, 0.2) is 0 Å². The summed E-state index contributed by atoms with van der Waals surface area (Å²) in [5, 5.41) is 2.80. The molecule has 4 rings (SSSR count). The van der Waals surface area contributed by atoms with Crippen molar-refractivity contribution < 1.29 is 9.59 Å². The van der Waals surface area contributed by atoms with Gasteiger partial charge in [0.25, 0.3) is 5.91 Å². The van der Waals surface area contributed by atoms with Gasteiger partial charge in [-0.1, -0.05) is 29.8 Å². The number of anilines is 1. The summed E-state index contributed by atoms with van der Waals surface area (Å²) in [5.74, 6) is 0.788. The average molecular weight is 392 g/mol. The van der Waals surface area contributed by atoms with E-state index in [4.69, 9.17) is 0 Å². The lowest BCUT2D eigenvalue weighted by Crippen LogP contribution is -2.38. The largest absolute Gasteiger partial charge is 0.339 e. The smallest absolute Gasteiger partial charge is 0.321 e. The first kappa shape index (κ1) is 19.5. The van der Waals surface area contributed by atoms with E-state index in [-0.39, 0.29) is 11.9 Å². The number of piperidine rings is 1. The molecule has 0 atom stereocenters. The van der Waals surface area contributed by atoms with Crippen molar-refractivity contribution in [3.63, 3.8) is 0 Å². The Morgan fingerprint density at radius 3 is 2.31 bits per heavy atom. The lowest BCUT2D eigenvalue weighted by molar-refractivity contribution is 0.0687. The second-order valence-electron chi connectivity index (χ2n) is 8.19. The summed E-state index contributed by atoms with van der Waals surface area (Å²) in [6.45, 7) is 5.11. The minimum Gasteiger partial charge on any atom is -0.339 e. The molecule has 2 aliphatic heterocycles. The first-order valence-electron chi connectivity index (χ1n) is 10.6. The zero-order valence-corrected chi connectivity index (χ0v) is 17.1. The first-order valence-corrected chi connectivity index (χ1v) is 10.6. The Labute approximate surface area is 172 Å². The highest BCUT2D eigenvalue weighted by molar-refractivity contribution is 5.97. The Kier molecular flexibility index (Phi) is 5.84. The molecule has 1 N–H and O–H groups in total. The number of aryl methyl sites for hydroxylation is 2. The number of urea groups is 1. The van der Waals surface area contributed by atoms with E-state index in [1.54, 1.807) is 4.90 Å². The van der Waals surface area contributed by atoms with Crippen LogP contribution in [0.5, 0.6) is 0 Å². The van der Waals surface area contributed by atoms with Gasteiger partial charge in [-0.15, -0.1) is 0 Å². The van der Waals surface area contributed by atoms with E-state index in [1.807, 2.05) is 29.2 Å². The van der Waals surface area contributed by atoms with Gasteiger partial charge in [-0.3, -0.25) is 9.69 Å². The molecule has 2 fully saturated rings. The van der Waals surface area contributed by atoms with Gasteiger partial charge in [0.1, 0.15) is 0 Å². The predicted molar refractivity (Wildman–Crippen MR) is 115 cm³/mol. The Balaban J connectivity index is 1.27. The molecule has 2 saturated heterocycles. The van der Waals surface area contributed by atoms with Crippen LogP contribution in [0.3, 0.4) is 0 Å². The lowest BCUT2D eigenvalue weighted by atomic mass is 9.90. The molecule has 152 valence electrons. The zero-order valence-electron chi connectivity index (χ0n) is 17.1. The fraction of sp³-hybridized carbons (Fsp3) is 0.417. The number of hydrogen-bond acceptors (Lipinski definition) is 2. The van der Waals surface area contributed by atoms with Crippen LogP contribution in [0.15, 0.2) is 48.5 Å². The summed E-state index contributed by atoms with van der Waals surface area (Å²) in [4.78, 5) is 28.3. The Morgan fingerprint density at radius 2 is 1.69 bits per heavy atom. The van der Waals surface area contributed by atoms with E-state index in [1.165, 1.54) is 17.5 Å². The van der Waals surface area contributed by atoms with Gasteiger partial charge in [0.2, 0.25) is 0 Å². The van der Waals surface area contributed by atoms with Crippen molar-refractivity contribution in [3.8, 4) is 0 Å². The molecule has 0 spiro atoms. The number of amides is 3. The normalized spacial score (nSPS) is 17.5. The molecule has 2 heterocycles. The van der Waals surface area contributed by atoms with E-state index in [0.29, 0.717) is 24.6 Å². The van der Waals surface area contributed by atoms with Crippen LogP contribution in [0.2, 0.25) is 0 Å². The minimum atomic E-state index is -0.0724. The molecular weight excluding hydrogens is 362 g/mol. The van der Waals surface area contributed by atoms with Crippen LogP contribution in [-0.2, 0) is 6.42 Å². The number of rotatable bonds is 5. The maximum atomic E-state index is 12.8. The van der Waals surface area contributed by atoms with Crippen molar-refractivity contribution in [2.45, 2.75) is 32.6 Å². The van der Waals surface area contributed by atoms with Crippen LogP contribution in [0.4, 0.5) is 10.5 Å². The standard InChI is InChI=1S/C24H29N3O2/c1-18-2-4-19(5-3-18)6-7-20-12-15-26(16-13-20)23(28)21-8-10-22(11-9-21)27-17-14-25-24(27)29/h2-5,8-11,20H,6-7,12-17H2,1H3,(H,25,29). The predicted octanol–water partition coefficient (Wildman–Crippen LogP) is 4.01. The molecular formula is C24H29N3O2. The highest BCUT2D eigenvalue weighted by atomic mass is 16.2. The second-order valence-corrected chi connectivity index (χ2v) is 8.19. The number of carbonyl (C=O) groups excluding carboxylic acids is 2. The number of nitrogens with zero attached hydrogens (tertiary/aromatic N) is 2. The highest BCUT2D eigenvalue weighted by Gasteiger charge is 2.25. The SMILES string of the molecule is Cc1ccc(CCC2CCN(C(=O)c3ccc(N4CCNC4=O)cc3)CC2)cc1. The van der Waals surface area contributed by atoms with Gasteiger partial charge in [0, 0.05) is 37.4 Å². The molecule has 2 aromatic rings. The molecule has 5 nitrogen and oxygen atoms in total. The third-order valence-electron chi connectivity index (χ3n) is 6.15. The van der Waals surface area contributed by atoms with E-state index >= 15 is 0 Å². The molecule has 0 unspecified atom stereocenters. The summed E-state index contributed by atoms with van der Waals surface area (Å²) in [7, 11) is 0. The van der Waals surface area contributed by atoms with Crippen LogP contribution >= 0.6 is 0 Å². The van der Waals surface area contributed by atoms with Gasteiger partial charge in [-0.05, 0) is 68.4 Å². The Morgan fingerprint density at radius 1 is 1.00 bits per heavy atom. The Bertz CT molecular complexity index is 853. The van der Waals surface area contributed by atoms with Crippen molar-refractivity contribution in [1.82, 2.24) is 10.2 Å². The van der Waals surface area contributed by atoms with Gasteiger partial charge >= 0.3 is 6.03 Å². The summed E-state index contributed by atoms with van der Waals surface area (Å²) in [5.41, 5.74) is 4.25. The molecule has 0 bridgehead atoms. The zero-order chi connectivity index (χ0) is 20.2. The topological polar surface area (TPSA) is 52.7 Å². The Hall–Kier alpha value is -2.82. The van der Waals surface area contributed by atoms with Gasteiger partial charge in [-0.25, -0.2) is 4.79 Å². The van der Waals surface area contributed by atoms with Crippen LogP contribution in [0.1, 0.15) is 40.7 Å². The highest BCUT2D eigenvalue weighted by Crippen LogP contribution is 2.24. The molecule has 0 aliphatic carbocycles. The molecule has 0 radical (unpaired) electrons. The second kappa shape index (κ2) is 8.68. The van der Waals surface area contributed by atoms with Crippen molar-refractivity contribution >= 4 is 17.6 Å². The molecule has 29 heavy (non-hydrogen) atoms. The maximum absolute atomic E-state index is 12.8. The number of benzene rings is 2. The van der Waals surface area contributed by atoms with E-state index < -0.39 is 0 Å². The van der Waals surface area contributed by atoms with E-state index in [9.17, 15) is 9.59 Å². The lowest BCUT2D eigenvalue weighted by Gasteiger charge is -2.32. The monoisotopic (exact) mass is 391 g/mol. The minimum absolute atomic E-state index is 0.0724. The third kappa shape index (κ3) is 4.61. The third-order valence-corrected chi connectivity index (χ3v) is 6.15. The van der Waals surface area contributed by atoms with Crippen LogP contribution in [-0.4, -0.2) is 43.0 Å². The first-order chi connectivity index (χ1) is 14.1. The van der Waals surface area contributed by atoms with Crippen molar-refractivity contribution in [2.24, 2.45) is 5.92 Å². The summed E-state index contributed by atoms with van der Waals surface area (Å²) < 4.78 is 0. The quantitative estimate of drug-likeness (QED) is 0.837. The van der Waals surface area contributed by atoms with E-state index in [2.05, 4.69) is 36.5 Å². The molecule has 3 amide bonds. The van der Waals surface area contributed by atoms with Crippen molar-refractivity contribution in [2.75, 3.05) is 31.1 Å². The molecule has 5 heteroatoms. The number of likely N-dealkylation sites (tertiary alicyclic amines) is 1. The molecule has 0 aromatic heterocycles. The number of hydrogen-bond donors (Lipinski definition) is 1. The number of carbonyl (C=O) groups is 2. The van der Waals surface area contributed by atoms with Gasteiger partial charge < -0.3 is 10.2 Å². The molecule has 2 aromatic carbocycles. The summed E-state index contributed by atoms with van der Waals surface area (Å²) >= 11 is 0. The van der Waals surface area contributed by atoms with Crippen molar-refractivity contribution in [3.05, 3.63) is 65.2 Å². The summed E-state index contributed by atoms with van der Waals surface area (Å²) in [6, 6.07) is 16.2. The van der Waals surface area contributed by atoms with Crippen molar-refractivity contribution in [1.29, 1.82) is 0 Å². The van der Waals surface area contributed by atoms with Crippen LogP contribution in [0, 0.1) is 12.8 Å². The van der Waals surface area contributed by atoms with Gasteiger partial charge in [0.05, 0.1) is 0 Å². The fourth-order valence-electron chi connectivity index (χ4n) is 4.23. The van der Waals surface area contributed by atoms with E-state index in [0.717, 1.165) is 38.0 Å². The summed E-state index contributed by atoms with van der Waals surface area (Å²) in [6.07, 6.45) is 4.45. The average Bonchev–Trinajstić information content (AvgIpc) is 3.19. The molecule has 0 saturated carbocycles. The molecule has 2 aliphatic rings. The van der Waals surface area contributed by atoms with Crippen LogP contribution in [0.25, 0.3) is 0 Å². The van der Waals surface area contributed by atoms with Gasteiger partial charge in [-0.2, -0.15) is 0 Å². The fourth-order valence-corrected chi connectivity index (χ4v) is 4.23.